The maximum absolute atomic E-state index is 13.3. The molecule has 0 saturated carbocycles. The number of anilines is 1. The van der Waals surface area contributed by atoms with Gasteiger partial charge in [-0.2, -0.15) is 0 Å². The van der Waals surface area contributed by atoms with Gasteiger partial charge in [0, 0.05) is 35.2 Å². The molecule has 2 aromatic heterocycles. The molecule has 3 N–H and O–H groups in total. The van der Waals surface area contributed by atoms with Crippen molar-refractivity contribution >= 4 is 34.7 Å². The zero-order valence-corrected chi connectivity index (χ0v) is 19.6. The van der Waals surface area contributed by atoms with E-state index in [0.717, 1.165) is 11.3 Å². The van der Waals surface area contributed by atoms with E-state index in [0.29, 0.717) is 28.2 Å². The van der Waals surface area contributed by atoms with E-state index < -0.39 is 23.6 Å². The number of benzene rings is 1. The number of thiophene rings is 1. The van der Waals surface area contributed by atoms with Crippen LogP contribution in [-0.2, 0) is 6.54 Å². The summed E-state index contributed by atoms with van der Waals surface area (Å²) in [6.07, 6.45) is 0.248. The third kappa shape index (κ3) is 6.49. The summed E-state index contributed by atoms with van der Waals surface area (Å²) >= 11 is 1.02. The zero-order chi connectivity index (χ0) is 25.5. The van der Waals surface area contributed by atoms with Gasteiger partial charge in [0.1, 0.15) is 13.3 Å². The van der Waals surface area contributed by atoms with Crippen LogP contribution in [0.3, 0.4) is 0 Å². The SMILES string of the molecule is CN(C)Cc1c(-c2ccc([N+](=O)[O-])cc2)sc(OC(N)=O)c1C(=O)Nc1ccc(OCCF)nc1. The van der Waals surface area contributed by atoms with Gasteiger partial charge in [-0.3, -0.25) is 14.9 Å². The van der Waals surface area contributed by atoms with Crippen molar-refractivity contribution in [3.8, 4) is 21.4 Å². The number of hydrogen-bond donors (Lipinski definition) is 2. The molecule has 3 aromatic rings. The van der Waals surface area contributed by atoms with Crippen LogP contribution in [0.1, 0.15) is 15.9 Å². The second-order valence-corrected chi connectivity index (χ2v) is 8.39. The van der Waals surface area contributed by atoms with Crippen LogP contribution in [0.4, 0.5) is 20.6 Å². The van der Waals surface area contributed by atoms with E-state index in [4.69, 9.17) is 15.2 Å². The molecule has 0 bridgehead atoms. The molecule has 0 aliphatic carbocycles. The number of nitro groups is 1. The van der Waals surface area contributed by atoms with Gasteiger partial charge in [-0.15, -0.1) is 0 Å². The van der Waals surface area contributed by atoms with E-state index in [1.54, 1.807) is 26.2 Å². The molecule has 0 saturated heterocycles. The second kappa shape index (κ2) is 11.4. The summed E-state index contributed by atoms with van der Waals surface area (Å²) in [5.74, 6) is -0.385. The van der Waals surface area contributed by atoms with Gasteiger partial charge in [0.05, 0.1) is 22.4 Å². The zero-order valence-electron chi connectivity index (χ0n) is 18.8. The molecule has 0 fully saturated rings. The third-order valence-electron chi connectivity index (χ3n) is 4.53. The lowest BCUT2D eigenvalue weighted by atomic mass is 10.0. The molecule has 0 aliphatic rings. The Hall–Kier alpha value is -4.10. The van der Waals surface area contributed by atoms with Crippen molar-refractivity contribution in [2.24, 2.45) is 5.73 Å². The number of ether oxygens (including phenoxy) is 2. The molecular formula is C22H22FN5O6S. The number of carbonyl (C=O) groups excluding carboxylic acids is 2. The molecule has 184 valence electrons. The average molecular weight is 504 g/mol. The number of alkyl halides is 1. The maximum atomic E-state index is 13.3. The van der Waals surface area contributed by atoms with Crippen LogP contribution in [0.25, 0.3) is 10.4 Å². The Labute approximate surface area is 203 Å². The van der Waals surface area contributed by atoms with Crippen LogP contribution in [0.5, 0.6) is 10.9 Å². The van der Waals surface area contributed by atoms with Crippen LogP contribution >= 0.6 is 11.3 Å². The van der Waals surface area contributed by atoms with Crippen molar-refractivity contribution in [1.29, 1.82) is 0 Å². The quantitative estimate of drug-likeness (QED) is 0.313. The molecule has 13 heteroatoms. The van der Waals surface area contributed by atoms with E-state index in [1.165, 1.54) is 30.5 Å². The van der Waals surface area contributed by atoms with Crippen molar-refractivity contribution in [3.05, 3.63) is 63.8 Å². The van der Waals surface area contributed by atoms with Crippen molar-refractivity contribution in [2.75, 3.05) is 32.7 Å². The van der Waals surface area contributed by atoms with Gasteiger partial charge < -0.3 is 25.4 Å². The van der Waals surface area contributed by atoms with E-state index in [1.807, 2.05) is 4.90 Å². The number of primary amides is 1. The number of carbonyl (C=O) groups is 2. The Balaban J connectivity index is 2.02. The van der Waals surface area contributed by atoms with Gasteiger partial charge in [0.2, 0.25) is 5.88 Å². The molecule has 0 spiro atoms. The predicted molar refractivity (Wildman–Crippen MR) is 128 cm³/mol. The molecule has 0 radical (unpaired) electrons. The van der Waals surface area contributed by atoms with Crippen LogP contribution in [-0.4, -0.2) is 54.2 Å². The fourth-order valence-corrected chi connectivity index (χ4v) is 4.32. The third-order valence-corrected chi connectivity index (χ3v) is 5.69. The predicted octanol–water partition coefficient (Wildman–Crippen LogP) is 3.84. The lowest BCUT2D eigenvalue weighted by Gasteiger charge is -2.14. The number of nitro benzene ring substituents is 1. The molecule has 35 heavy (non-hydrogen) atoms. The van der Waals surface area contributed by atoms with Crippen LogP contribution < -0.4 is 20.5 Å². The highest BCUT2D eigenvalue weighted by Crippen LogP contribution is 2.43. The molecule has 2 amide bonds. The number of nitrogens with two attached hydrogens (primary N) is 1. The lowest BCUT2D eigenvalue weighted by Crippen LogP contribution is -2.21. The highest BCUT2D eigenvalue weighted by Gasteiger charge is 2.27. The first-order valence-electron chi connectivity index (χ1n) is 10.2. The normalized spacial score (nSPS) is 10.7. The van der Waals surface area contributed by atoms with Crippen molar-refractivity contribution in [1.82, 2.24) is 9.88 Å². The summed E-state index contributed by atoms with van der Waals surface area (Å²) < 4.78 is 22.5. The molecule has 0 aliphatic heterocycles. The number of halogens is 1. The number of rotatable bonds is 10. The highest BCUT2D eigenvalue weighted by molar-refractivity contribution is 7.18. The van der Waals surface area contributed by atoms with Crippen LogP contribution in [0.2, 0.25) is 0 Å². The molecule has 2 heterocycles. The summed E-state index contributed by atoms with van der Waals surface area (Å²) in [6, 6.07) is 8.81. The summed E-state index contributed by atoms with van der Waals surface area (Å²) in [4.78, 5) is 41.8. The Kier molecular flexibility index (Phi) is 8.28. The Bertz CT molecular complexity index is 1210. The monoisotopic (exact) mass is 503 g/mol. The first kappa shape index (κ1) is 25.5. The number of nitrogens with one attached hydrogen (secondary N) is 1. The Morgan fingerprint density at radius 3 is 2.49 bits per heavy atom. The first-order chi connectivity index (χ1) is 16.7. The number of pyridine rings is 1. The Morgan fingerprint density at radius 1 is 1.23 bits per heavy atom. The van der Waals surface area contributed by atoms with E-state index in [9.17, 15) is 24.1 Å². The van der Waals surface area contributed by atoms with E-state index in [-0.39, 0.29) is 28.8 Å². The number of amides is 2. The molecule has 0 atom stereocenters. The number of hydrogen-bond acceptors (Lipinski definition) is 9. The summed E-state index contributed by atoms with van der Waals surface area (Å²) in [7, 11) is 3.60. The minimum Gasteiger partial charge on any atom is -0.475 e. The lowest BCUT2D eigenvalue weighted by molar-refractivity contribution is -0.384. The molecule has 1 aromatic carbocycles. The van der Waals surface area contributed by atoms with Crippen LogP contribution in [0.15, 0.2) is 42.6 Å². The largest absolute Gasteiger partial charge is 0.475 e. The molecule has 0 unspecified atom stereocenters. The Morgan fingerprint density at radius 2 is 1.94 bits per heavy atom. The fourth-order valence-electron chi connectivity index (χ4n) is 3.15. The maximum Gasteiger partial charge on any atom is 0.410 e. The number of non-ortho nitro benzene ring substituents is 1. The molecule has 3 rings (SSSR count). The summed E-state index contributed by atoms with van der Waals surface area (Å²) in [6.45, 7) is -0.505. The van der Waals surface area contributed by atoms with Crippen LogP contribution in [0, 0.1) is 10.1 Å². The van der Waals surface area contributed by atoms with Gasteiger partial charge in [-0.1, -0.05) is 11.3 Å². The van der Waals surface area contributed by atoms with Crippen molar-refractivity contribution in [3.63, 3.8) is 0 Å². The van der Waals surface area contributed by atoms with Crippen molar-refractivity contribution in [2.45, 2.75) is 6.54 Å². The topological polar surface area (TPSA) is 150 Å². The summed E-state index contributed by atoms with van der Waals surface area (Å²) in [5.41, 5.74) is 6.70. The van der Waals surface area contributed by atoms with E-state index >= 15 is 0 Å². The summed E-state index contributed by atoms with van der Waals surface area (Å²) in [5, 5.41) is 13.7. The number of nitrogens with zero attached hydrogens (tertiary/aromatic N) is 3. The highest BCUT2D eigenvalue weighted by atomic mass is 32.1. The van der Waals surface area contributed by atoms with Gasteiger partial charge >= 0.3 is 6.09 Å². The van der Waals surface area contributed by atoms with Gasteiger partial charge in [-0.05, 0) is 37.9 Å². The smallest absolute Gasteiger partial charge is 0.410 e. The van der Waals surface area contributed by atoms with Gasteiger partial charge in [0.15, 0.2) is 5.06 Å². The standard InChI is InChI=1S/C22H22FN5O6S/c1-27(2)12-16-18(20(29)26-14-5-8-17(25-11-14)33-10-9-23)21(34-22(24)30)35-19(16)13-3-6-15(7-4-13)28(31)32/h3-8,11H,9-10,12H2,1-2H3,(H2,24,30)(H,26,29). The van der Waals surface area contributed by atoms with Crippen molar-refractivity contribution < 1.29 is 28.4 Å². The average Bonchev–Trinajstić information content (AvgIpc) is 3.15. The fraction of sp³-hybridized carbons (Fsp3) is 0.227. The second-order valence-electron chi connectivity index (χ2n) is 7.41. The molecule has 11 nitrogen and oxygen atoms in total. The van der Waals surface area contributed by atoms with E-state index in [2.05, 4.69) is 10.3 Å². The first-order valence-corrected chi connectivity index (χ1v) is 11.0. The number of aromatic nitrogens is 1. The van der Waals surface area contributed by atoms with Gasteiger partial charge in [0.25, 0.3) is 11.6 Å². The minimum absolute atomic E-state index is 0.0175. The minimum atomic E-state index is -1.09. The molecular weight excluding hydrogens is 481 g/mol. The van der Waals surface area contributed by atoms with Gasteiger partial charge in [-0.25, -0.2) is 14.2 Å².